The molecule has 258 valence electrons. The Morgan fingerprint density at radius 2 is 1.09 bits per heavy atom. The number of nitrogens with zero attached hydrogens (tertiary/aromatic N) is 6. The van der Waals surface area contributed by atoms with Gasteiger partial charge in [-0.2, -0.15) is 15.2 Å². The van der Waals surface area contributed by atoms with E-state index in [0.717, 1.165) is 49.7 Å². The number of nitriles is 1. The van der Waals surface area contributed by atoms with Crippen LogP contribution in [0.15, 0.2) is 158 Å². The summed E-state index contributed by atoms with van der Waals surface area (Å²) in [4.78, 5) is 15.7. The molecule has 0 aliphatic heterocycles. The molecule has 3 aromatic heterocycles. The maximum Gasteiger partial charge on any atom is 0.238 e. The summed E-state index contributed by atoms with van der Waals surface area (Å²) < 4.78 is 4.73. The quantitative estimate of drug-likeness (QED) is 0.183. The molecule has 0 spiro atoms. The van der Waals surface area contributed by atoms with Crippen LogP contribution in [0.5, 0.6) is 0 Å². The largest absolute Gasteiger partial charge is 0.309 e. The second-order valence-electron chi connectivity index (χ2n) is 14.7. The summed E-state index contributed by atoms with van der Waals surface area (Å²) in [5.41, 5.74) is 12.5. The monoisotopic (exact) mass is 704 g/mol. The first-order chi connectivity index (χ1) is 27.0. The van der Waals surface area contributed by atoms with Crippen molar-refractivity contribution in [3.05, 3.63) is 174 Å². The number of hydrogen-bond donors (Lipinski definition) is 0. The lowest BCUT2D eigenvalue weighted by atomic mass is 9.81. The fourth-order valence-electron chi connectivity index (χ4n) is 9.01. The van der Waals surface area contributed by atoms with Crippen molar-refractivity contribution in [3.63, 3.8) is 0 Å². The molecule has 1 aliphatic carbocycles. The summed E-state index contributed by atoms with van der Waals surface area (Å²) in [7, 11) is 0. The number of fused-ring (bicyclic) bond motifs is 12. The van der Waals surface area contributed by atoms with Crippen molar-refractivity contribution in [3.8, 4) is 51.6 Å². The third-order valence-corrected chi connectivity index (χ3v) is 11.4. The van der Waals surface area contributed by atoms with Crippen molar-refractivity contribution < 1.29 is 0 Å². The fourth-order valence-corrected chi connectivity index (χ4v) is 9.01. The topological polar surface area (TPSA) is 72.3 Å². The molecular weight excluding hydrogens is 673 g/mol. The van der Waals surface area contributed by atoms with Crippen molar-refractivity contribution in [2.45, 2.75) is 19.3 Å². The average molecular weight is 705 g/mol. The van der Waals surface area contributed by atoms with E-state index in [0.29, 0.717) is 23.2 Å². The summed E-state index contributed by atoms with van der Waals surface area (Å²) in [6, 6.07) is 56.8. The third-order valence-electron chi connectivity index (χ3n) is 11.4. The second kappa shape index (κ2) is 11.6. The number of rotatable bonds is 4. The zero-order valence-electron chi connectivity index (χ0n) is 30.2. The minimum Gasteiger partial charge on any atom is -0.309 e. The minimum absolute atomic E-state index is 0.355. The molecule has 7 aromatic carbocycles. The van der Waals surface area contributed by atoms with Gasteiger partial charge in [0.1, 0.15) is 0 Å². The van der Waals surface area contributed by atoms with Crippen molar-refractivity contribution in [2.75, 3.05) is 0 Å². The highest BCUT2D eigenvalue weighted by Gasteiger charge is 2.42. The Bertz CT molecular complexity index is 3220. The average Bonchev–Trinajstić information content (AvgIpc) is 3.85. The molecule has 0 radical (unpaired) electrons. The minimum atomic E-state index is -0.355. The summed E-state index contributed by atoms with van der Waals surface area (Å²) in [6.45, 7) is 4.71. The van der Waals surface area contributed by atoms with E-state index in [1.807, 2.05) is 54.6 Å². The lowest BCUT2D eigenvalue weighted by molar-refractivity contribution is 0.663. The van der Waals surface area contributed by atoms with Crippen LogP contribution >= 0.6 is 0 Å². The van der Waals surface area contributed by atoms with E-state index in [2.05, 4.69) is 132 Å². The van der Waals surface area contributed by atoms with Crippen LogP contribution in [-0.4, -0.2) is 24.1 Å². The van der Waals surface area contributed by atoms with E-state index >= 15 is 0 Å². The van der Waals surface area contributed by atoms with Crippen molar-refractivity contribution in [1.82, 2.24) is 24.1 Å². The first kappa shape index (κ1) is 31.2. The molecule has 3 heterocycles. The highest BCUT2D eigenvalue weighted by Crippen LogP contribution is 2.58. The van der Waals surface area contributed by atoms with Gasteiger partial charge in [-0.15, -0.1) is 0 Å². The molecule has 0 N–H and O–H groups in total. The lowest BCUT2D eigenvalue weighted by Crippen LogP contribution is -2.17. The summed E-state index contributed by atoms with van der Waals surface area (Å²) in [5.74, 6) is 1.66. The molecular formula is C49H32N6. The lowest BCUT2D eigenvalue weighted by Gasteiger charge is -2.24. The molecule has 0 bridgehead atoms. The Morgan fingerprint density at radius 3 is 1.78 bits per heavy atom. The van der Waals surface area contributed by atoms with Crippen LogP contribution in [0.4, 0.5) is 0 Å². The molecule has 6 nitrogen and oxygen atoms in total. The first-order valence-corrected chi connectivity index (χ1v) is 18.5. The van der Waals surface area contributed by atoms with Gasteiger partial charge in [0, 0.05) is 43.8 Å². The van der Waals surface area contributed by atoms with Crippen LogP contribution in [0.3, 0.4) is 0 Å². The highest BCUT2D eigenvalue weighted by atomic mass is 15.2. The van der Waals surface area contributed by atoms with E-state index < -0.39 is 0 Å². The Labute approximate surface area is 317 Å². The van der Waals surface area contributed by atoms with Gasteiger partial charge in [-0.25, -0.2) is 4.98 Å². The Balaban J connectivity index is 1.38. The van der Waals surface area contributed by atoms with Crippen molar-refractivity contribution in [1.29, 1.82) is 5.26 Å². The highest BCUT2D eigenvalue weighted by molar-refractivity contribution is 6.32. The first-order valence-electron chi connectivity index (χ1n) is 18.5. The summed E-state index contributed by atoms with van der Waals surface area (Å²) >= 11 is 0. The molecule has 0 atom stereocenters. The predicted octanol–water partition coefficient (Wildman–Crippen LogP) is 11.6. The molecule has 55 heavy (non-hydrogen) atoms. The molecule has 0 saturated carbocycles. The Morgan fingerprint density at radius 1 is 0.527 bits per heavy atom. The van der Waals surface area contributed by atoms with Gasteiger partial charge in [0.05, 0.1) is 33.7 Å². The molecule has 0 saturated heterocycles. The Hall–Kier alpha value is -7.36. The Kier molecular flexibility index (Phi) is 6.56. The van der Waals surface area contributed by atoms with Gasteiger partial charge in [0.15, 0.2) is 11.6 Å². The van der Waals surface area contributed by atoms with Gasteiger partial charge < -0.3 is 4.57 Å². The molecule has 0 fully saturated rings. The van der Waals surface area contributed by atoms with Gasteiger partial charge in [0.2, 0.25) is 5.95 Å². The number of para-hydroxylation sites is 3. The van der Waals surface area contributed by atoms with E-state index in [-0.39, 0.29) is 5.41 Å². The van der Waals surface area contributed by atoms with E-state index in [1.54, 1.807) is 0 Å². The fraction of sp³-hybridized carbons (Fsp3) is 0.0612. The summed E-state index contributed by atoms with van der Waals surface area (Å²) in [5, 5.41) is 14.3. The maximum absolute atomic E-state index is 9.56. The zero-order chi connectivity index (χ0) is 36.8. The van der Waals surface area contributed by atoms with Crippen LogP contribution in [0, 0.1) is 11.3 Å². The molecule has 1 aliphatic rings. The number of hydrogen-bond acceptors (Lipinski definition) is 4. The van der Waals surface area contributed by atoms with Gasteiger partial charge in [0.25, 0.3) is 0 Å². The molecule has 6 heteroatoms. The zero-order valence-corrected chi connectivity index (χ0v) is 30.2. The number of benzene rings is 7. The van der Waals surface area contributed by atoms with Gasteiger partial charge >= 0.3 is 0 Å². The SMILES string of the molecule is CC1(C)c2ccccc2-c2c1c1c(c3ccccc3n1-c1nc(-c3ccccc3)nc(-c3ccc(C#N)cc3)n1)c1c2c2ccccc2n1-c1ccccc1. The molecule has 10 aromatic rings. The third kappa shape index (κ3) is 4.38. The molecule has 0 unspecified atom stereocenters. The standard InChI is InChI=1S/C49H32N6/c1-49(2)37-22-12-9-19-34(37)40-41-35-20-10-13-23-38(35)54(33-17-7-4-8-18-33)44(41)42-36-21-11-14-24-39(36)55(45(42)43(40)49)48-52-46(31-15-5-3-6-16-31)51-47(53-48)32-27-25-30(29-50)26-28-32/h3-28H,1-2H3. The van der Waals surface area contributed by atoms with E-state index in [9.17, 15) is 5.26 Å². The van der Waals surface area contributed by atoms with Crippen molar-refractivity contribution >= 4 is 43.6 Å². The van der Waals surface area contributed by atoms with Crippen LogP contribution in [0.2, 0.25) is 0 Å². The summed E-state index contributed by atoms with van der Waals surface area (Å²) in [6.07, 6.45) is 0. The second-order valence-corrected chi connectivity index (χ2v) is 14.7. The van der Waals surface area contributed by atoms with E-state index in [4.69, 9.17) is 15.0 Å². The smallest absolute Gasteiger partial charge is 0.238 e. The van der Waals surface area contributed by atoms with Gasteiger partial charge in [-0.05, 0) is 70.8 Å². The molecule has 11 rings (SSSR count). The predicted molar refractivity (Wildman–Crippen MR) is 222 cm³/mol. The van der Waals surface area contributed by atoms with Gasteiger partial charge in [-0.3, -0.25) is 4.57 Å². The molecule has 0 amide bonds. The van der Waals surface area contributed by atoms with Crippen LogP contribution in [0.25, 0.3) is 89.2 Å². The number of aromatic nitrogens is 5. The maximum atomic E-state index is 9.56. The van der Waals surface area contributed by atoms with Gasteiger partial charge in [-0.1, -0.05) is 123 Å². The van der Waals surface area contributed by atoms with E-state index in [1.165, 1.54) is 33.0 Å². The van der Waals surface area contributed by atoms with Crippen molar-refractivity contribution in [2.24, 2.45) is 0 Å². The van der Waals surface area contributed by atoms with Crippen LogP contribution in [-0.2, 0) is 5.41 Å². The van der Waals surface area contributed by atoms with Crippen LogP contribution in [0.1, 0.15) is 30.5 Å². The normalized spacial score (nSPS) is 13.0. The van der Waals surface area contributed by atoms with Crippen LogP contribution < -0.4 is 0 Å².